The van der Waals surface area contributed by atoms with Crippen molar-refractivity contribution < 1.29 is 23.1 Å². The van der Waals surface area contributed by atoms with E-state index < -0.39 is 22.2 Å². The molecule has 0 radical (unpaired) electrons. The van der Waals surface area contributed by atoms with Gasteiger partial charge in [-0.2, -0.15) is 9.97 Å². The molecule has 2 aliphatic heterocycles. The summed E-state index contributed by atoms with van der Waals surface area (Å²) in [6.07, 6.45) is 4.58. The molecule has 6 rings (SSSR count). The molecule has 0 spiro atoms. The van der Waals surface area contributed by atoms with Crippen LogP contribution in [-0.2, 0) is 22.0 Å². The van der Waals surface area contributed by atoms with Gasteiger partial charge in [0.15, 0.2) is 8.32 Å². The van der Waals surface area contributed by atoms with E-state index in [0.717, 1.165) is 49.5 Å². The van der Waals surface area contributed by atoms with Crippen molar-refractivity contribution in [1.29, 1.82) is 0 Å². The molecule has 1 aromatic heterocycles. The van der Waals surface area contributed by atoms with E-state index in [9.17, 15) is 4.79 Å². The number of carbonyl (C=O) groups excluding carboxylic acids is 1. The van der Waals surface area contributed by atoms with E-state index in [1.54, 1.807) is 0 Å². The third-order valence-corrected chi connectivity index (χ3v) is 22.5. The number of anilines is 1. The van der Waals surface area contributed by atoms with Gasteiger partial charge >= 0.3 is 12.1 Å². The highest BCUT2D eigenvalue weighted by molar-refractivity contribution is 6.75. The molecule has 12 heteroatoms. The second-order valence-electron chi connectivity index (χ2n) is 21.2. The van der Waals surface area contributed by atoms with Gasteiger partial charge in [0, 0.05) is 31.2 Å². The summed E-state index contributed by atoms with van der Waals surface area (Å²) >= 11 is 0. The number of hydrogen-bond acceptors (Lipinski definition) is 9. The third kappa shape index (κ3) is 10.0. The summed E-state index contributed by atoms with van der Waals surface area (Å²) in [4.78, 5) is 30.6. The van der Waals surface area contributed by atoms with Crippen molar-refractivity contribution in [3.63, 3.8) is 0 Å². The fourth-order valence-electron chi connectivity index (χ4n) is 7.95. The minimum absolute atomic E-state index is 0.0477. The molecule has 1 unspecified atom stereocenters. The van der Waals surface area contributed by atoms with Crippen LogP contribution >= 0.6 is 0 Å². The Morgan fingerprint density at radius 1 is 0.845 bits per heavy atom. The first kappa shape index (κ1) is 44.4. The number of carbonyl (C=O) groups is 1. The zero-order valence-electron chi connectivity index (χ0n) is 38.3. The zero-order valence-corrected chi connectivity index (χ0v) is 40.3. The van der Waals surface area contributed by atoms with Crippen LogP contribution in [0.5, 0.6) is 11.8 Å². The van der Waals surface area contributed by atoms with Crippen LogP contribution in [0.25, 0.3) is 10.8 Å². The minimum atomic E-state index is -2.11. The van der Waals surface area contributed by atoms with E-state index in [0.29, 0.717) is 44.9 Å². The van der Waals surface area contributed by atoms with Crippen molar-refractivity contribution in [2.75, 3.05) is 51.3 Å². The largest absolute Gasteiger partial charge is 0.543 e. The SMILES string of the molecule is CN1CCC[C@H]1COc1nc2c(c(N3CCN(C(=O)OC(C)(C)C)C[C@@H]3CO[Si](C)(C)C(C)(C)C)n1)CCC(c1cc(O[Si](C)(C)C(C)(C)C)cc3ccccc13)C2. The Labute approximate surface area is 351 Å². The number of aromatic nitrogens is 2. The van der Waals surface area contributed by atoms with Crippen LogP contribution in [-0.4, -0.2) is 107 Å². The fraction of sp³-hybridized carbons (Fsp3) is 0.674. The van der Waals surface area contributed by atoms with E-state index in [-0.39, 0.29) is 28.1 Å². The van der Waals surface area contributed by atoms with Gasteiger partial charge in [-0.15, -0.1) is 0 Å². The molecule has 2 saturated heterocycles. The average molecular weight is 832 g/mol. The van der Waals surface area contributed by atoms with E-state index in [4.69, 9.17) is 28.3 Å². The molecule has 10 nitrogen and oxygen atoms in total. The number of fused-ring (bicyclic) bond motifs is 2. The first-order valence-corrected chi connectivity index (χ1v) is 27.6. The number of hydrogen-bond donors (Lipinski definition) is 0. The van der Waals surface area contributed by atoms with Gasteiger partial charge in [0.2, 0.25) is 8.32 Å². The summed E-state index contributed by atoms with van der Waals surface area (Å²) in [6, 6.07) is 13.9. The lowest BCUT2D eigenvalue weighted by Crippen LogP contribution is -2.59. The number of amides is 1. The first-order valence-electron chi connectivity index (χ1n) is 21.8. The first-order chi connectivity index (χ1) is 26.9. The van der Waals surface area contributed by atoms with E-state index in [1.165, 1.54) is 28.3 Å². The van der Waals surface area contributed by atoms with Crippen LogP contribution in [0.4, 0.5) is 10.6 Å². The maximum atomic E-state index is 13.5. The lowest BCUT2D eigenvalue weighted by Gasteiger charge is -2.45. The van der Waals surface area contributed by atoms with E-state index in [2.05, 4.69) is 121 Å². The molecule has 0 N–H and O–H groups in total. The van der Waals surface area contributed by atoms with Crippen LogP contribution in [0.2, 0.25) is 36.3 Å². The minimum Gasteiger partial charge on any atom is -0.543 e. The number of ether oxygens (including phenoxy) is 2. The summed E-state index contributed by atoms with van der Waals surface area (Å²) in [5.41, 5.74) is 2.97. The maximum absolute atomic E-state index is 13.5. The molecule has 0 saturated carbocycles. The molecule has 3 aliphatic rings. The Kier molecular flexibility index (Phi) is 12.8. The number of nitrogens with zero attached hydrogens (tertiary/aromatic N) is 5. The smallest absolute Gasteiger partial charge is 0.410 e. The number of likely N-dealkylation sites (N-methyl/N-ethyl adjacent to an activating group) is 1. The zero-order chi connectivity index (χ0) is 42.4. The van der Waals surface area contributed by atoms with Gasteiger partial charge in [0.1, 0.15) is 23.8 Å². The summed E-state index contributed by atoms with van der Waals surface area (Å²) in [6.45, 7) is 32.4. The van der Waals surface area contributed by atoms with Gasteiger partial charge in [-0.1, -0.05) is 65.8 Å². The highest BCUT2D eigenvalue weighted by Gasteiger charge is 2.42. The second kappa shape index (κ2) is 16.7. The Hall–Kier alpha value is -3.20. The Morgan fingerprint density at radius 3 is 2.21 bits per heavy atom. The lowest BCUT2D eigenvalue weighted by atomic mass is 9.80. The molecule has 1 aliphatic carbocycles. The Bertz CT molecular complexity index is 1930. The topological polar surface area (TPSA) is 89.5 Å². The standard InChI is InChI=1S/C46H73N5O5Si2/c1-44(2,3)55-43(52)50-24-25-51(35(29-50)31-54-57(11,12)45(4,5)6)41-38-22-21-33(27-40(38)47-42(48-41)53-30-34-19-17-23-49(34)10)39-28-36(56-58(13,14)46(7,8)9)26-32-18-15-16-20-37(32)39/h15-16,18,20,26,28,33-35H,17,19,21-25,27,29-31H2,1-14H3/t33?,34-,35+/m0/s1. The Balaban J connectivity index is 1.38. The van der Waals surface area contributed by atoms with Crippen molar-refractivity contribution in [2.24, 2.45) is 0 Å². The van der Waals surface area contributed by atoms with Gasteiger partial charge in [-0.25, -0.2) is 4.79 Å². The second-order valence-corrected chi connectivity index (χ2v) is 30.8. The molecular formula is C46H73N5O5Si2. The molecule has 3 heterocycles. The van der Waals surface area contributed by atoms with Crippen molar-refractivity contribution in [2.45, 2.75) is 154 Å². The van der Waals surface area contributed by atoms with Crippen molar-refractivity contribution >= 4 is 39.3 Å². The summed E-state index contributed by atoms with van der Waals surface area (Å²) in [5.74, 6) is 2.14. The number of piperazine rings is 1. The summed E-state index contributed by atoms with van der Waals surface area (Å²) in [5, 5.41) is 2.62. The van der Waals surface area contributed by atoms with Gasteiger partial charge in [-0.3, -0.25) is 0 Å². The van der Waals surface area contributed by atoms with Gasteiger partial charge < -0.3 is 33.0 Å². The van der Waals surface area contributed by atoms with Crippen LogP contribution in [0, 0.1) is 0 Å². The highest BCUT2D eigenvalue weighted by Crippen LogP contribution is 2.44. The van der Waals surface area contributed by atoms with Gasteiger partial charge in [0.05, 0.1) is 18.3 Å². The maximum Gasteiger partial charge on any atom is 0.410 e. The lowest BCUT2D eigenvalue weighted by molar-refractivity contribution is 0.0198. The molecule has 2 fully saturated rings. The molecular weight excluding hydrogens is 759 g/mol. The molecule has 0 bridgehead atoms. The quantitative estimate of drug-likeness (QED) is 0.185. The van der Waals surface area contributed by atoms with E-state index >= 15 is 0 Å². The van der Waals surface area contributed by atoms with Crippen LogP contribution in [0.15, 0.2) is 36.4 Å². The van der Waals surface area contributed by atoms with Crippen LogP contribution in [0.3, 0.4) is 0 Å². The number of benzene rings is 2. The number of rotatable bonds is 10. The predicted molar refractivity (Wildman–Crippen MR) is 242 cm³/mol. The fourth-order valence-corrected chi connectivity index (χ4v) is 10.0. The normalized spacial score (nSPS) is 21.3. The molecule has 3 aromatic rings. The third-order valence-electron chi connectivity index (χ3n) is 13.6. The highest BCUT2D eigenvalue weighted by atomic mass is 28.4. The molecule has 2 aromatic carbocycles. The van der Waals surface area contributed by atoms with Gasteiger partial charge in [0.25, 0.3) is 0 Å². The molecule has 1 amide bonds. The van der Waals surface area contributed by atoms with Crippen molar-refractivity contribution in [3.05, 3.63) is 53.2 Å². The van der Waals surface area contributed by atoms with Crippen molar-refractivity contribution in [1.82, 2.24) is 19.8 Å². The summed E-state index contributed by atoms with van der Waals surface area (Å²) in [7, 11) is -2.01. The molecule has 58 heavy (non-hydrogen) atoms. The predicted octanol–water partition coefficient (Wildman–Crippen LogP) is 10.2. The summed E-state index contributed by atoms with van der Waals surface area (Å²) < 4.78 is 26.3. The van der Waals surface area contributed by atoms with Gasteiger partial charge in [-0.05, 0) is 137 Å². The van der Waals surface area contributed by atoms with E-state index in [1.807, 2.05) is 25.7 Å². The average Bonchev–Trinajstić information content (AvgIpc) is 3.54. The number of likely N-dealkylation sites (tertiary alicyclic amines) is 1. The van der Waals surface area contributed by atoms with Crippen LogP contribution < -0.4 is 14.1 Å². The molecule has 3 atom stereocenters. The monoisotopic (exact) mass is 832 g/mol. The van der Waals surface area contributed by atoms with Crippen LogP contribution in [0.1, 0.15) is 104 Å². The molecule has 320 valence electrons. The Morgan fingerprint density at radius 2 is 1.55 bits per heavy atom. The van der Waals surface area contributed by atoms with Crippen molar-refractivity contribution in [3.8, 4) is 11.8 Å².